The third-order valence-corrected chi connectivity index (χ3v) is 5.08. The van der Waals surface area contributed by atoms with Crippen LogP contribution in [0, 0.1) is 0 Å². The van der Waals surface area contributed by atoms with Gasteiger partial charge in [0.2, 0.25) is 0 Å². The fourth-order valence-electron chi connectivity index (χ4n) is 3.25. The maximum Gasteiger partial charge on any atom is 0.180 e. The molecule has 0 saturated carbocycles. The SMILES string of the molecule is OCCNc1c(Cl)cnc2nc(-c3ccc(OCCN4CCOCC4)cc3)[nH]c12. The van der Waals surface area contributed by atoms with E-state index in [1.54, 1.807) is 6.20 Å². The van der Waals surface area contributed by atoms with Crippen LogP contribution in [0.5, 0.6) is 5.75 Å². The standard InChI is InChI=1S/C20H24ClN5O3/c21-16-13-23-20-18(17(16)22-5-9-27)24-19(25-20)14-1-3-15(4-2-14)29-12-8-26-6-10-28-11-7-26/h1-4,13,27H,5-12H2,(H2,22,23,24,25). The zero-order valence-corrected chi connectivity index (χ0v) is 16.8. The second-order valence-corrected chi connectivity index (χ2v) is 7.15. The van der Waals surface area contributed by atoms with E-state index in [-0.39, 0.29) is 6.61 Å². The van der Waals surface area contributed by atoms with Crippen molar-refractivity contribution < 1.29 is 14.6 Å². The lowest BCUT2D eigenvalue weighted by Crippen LogP contribution is -2.38. The van der Waals surface area contributed by atoms with Crippen molar-refractivity contribution in [2.45, 2.75) is 0 Å². The number of anilines is 1. The van der Waals surface area contributed by atoms with Crippen molar-refractivity contribution in [2.24, 2.45) is 0 Å². The van der Waals surface area contributed by atoms with Gasteiger partial charge in [0.15, 0.2) is 5.65 Å². The van der Waals surface area contributed by atoms with Gasteiger partial charge in [0.25, 0.3) is 0 Å². The van der Waals surface area contributed by atoms with Crippen LogP contribution in [0.25, 0.3) is 22.6 Å². The Labute approximate surface area is 173 Å². The molecule has 0 unspecified atom stereocenters. The van der Waals surface area contributed by atoms with E-state index in [4.69, 9.17) is 26.2 Å². The number of halogens is 1. The Balaban J connectivity index is 1.43. The Morgan fingerprint density at radius 3 is 2.79 bits per heavy atom. The van der Waals surface area contributed by atoms with Crippen LogP contribution in [0.4, 0.5) is 5.69 Å². The minimum absolute atomic E-state index is 0.00807. The van der Waals surface area contributed by atoms with Crippen molar-refractivity contribution in [3.8, 4) is 17.1 Å². The van der Waals surface area contributed by atoms with Crippen LogP contribution in [0.15, 0.2) is 30.5 Å². The number of fused-ring (bicyclic) bond motifs is 1. The average molecular weight is 418 g/mol. The van der Waals surface area contributed by atoms with Crippen LogP contribution in [0.3, 0.4) is 0 Å². The van der Waals surface area contributed by atoms with E-state index in [0.29, 0.717) is 40.8 Å². The molecule has 3 heterocycles. The first kappa shape index (κ1) is 19.9. The summed E-state index contributed by atoms with van der Waals surface area (Å²) < 4.78 is 11.2. The summed E-state index contributed by atoms with van der Waals surface area (Å²) in [5.41, 5.74) is 2.89. The smallest absolute Gasteiger partial charge is 0.180 e. The molecule has 0 amide bonds. The summed E-state index contributed by atoms with van der Waals surface area (Å²) in [4.78, 5) is 14.5. The number of ether oxygens (including phenoxy) is 2. The molecule has 8 nitrogen and oxygen atoms in total. The fourth-order valence-corrected chi connectivity index (χ4v) is 3.46. The Morgan fingerprint density at radius 2 is 2.03 bits per heavy atom. The Kier molecular flexibility index (Phi) is 6.46. The molecule has 1 aliphatic heterocycles. The number of rotatable bonds is 8. The van der Waals surface area contributed by atoms with Gasteiger partial charge < -0.3 is 24.9 Å². The Hall–Kier alpha value is -2.39. The van der Waals surface area contributed by atoms with Crippen LogP contribution in [-0.4, -0.2) is 77.6 Å². The third-order valence-electron chi connectivity index (χ3n) is 4.80. The van der Waals surface area contributed by atoms with Gasteiger partial charge in [-0.15, -0.1) is 0 Å². The van der Waals surface area contributed by atoms with Gasteiger partial charge in [0.05, 0.1) is 36.7 Å². The van der Waals surface area contributed by atoms with Crippen LogP contribution >= 0.6 is 11.6 Å². The third kappa shape index (κ3) is 4.79. The first-order valence-corrected chi connectivity index (χ1v) is 10.0. The van der Waals surface area contributed by atoms with Gasteiger partial charge in [0.1, 0.15) is 23.7 Å². The molecule has 154 valence electrons. The topological polar surface area (TPSA) is 95.5 Å². The minimum atomic E-state index is 0.00807. The lowest BCUT2D eigenvalue weighted by molar-refractivity contribution is 0.0322. The predicted molar refractivity (Wildman–Crippen MR) is 113 cm³/mol. The lowest BCUT2D eigenvalue weighted by Gasteiger charge is -2.26. The van der Waals surface area contributed by atoms with Crippen LogP contribution in [-0.2, 0) is 4.74 Å². The molecule has 0 atom stereocenters. The molecule has 1 aliphatic rings. The lowest BCUT2D eigenvalue weighted by atomic mass is 10.2. The second kappa shape index (κ2) is 9.41. The summed E-state index contributed by atoms with van der Waals surface area (Å²) in [6.45, 7) is 5.45. The summed E-state index contributed by atoms with van der Waals surface area (Å²) in [5, 5.41) is 12.6. The predicted octanol–water partition coefficient (Wildman–Crippen LogP) is 2.39. The fraction of sp³-hybridized carbons (Fsp3) is 0.400. The summed E-state index contributed by atoms with van der Waals surface area (Å²) >= 11 is 6.24. The van der Waals surface area contributed by atoms with Gasteiger partial charge in [-0.2, -0.15) is 0 Å². The normalized spacial score (nSPS) is 15.0. The zero-order valence-electron chi connectivity index (χ0n) is 16.0. The molecule has 0 spiro atoms. The molecule has 29 heavy (non-hydrogen) atoms. The van der Waals surface area contributed by atoms with E-state index in [1.807, 2.05) is 24.3 Å². The number of H-pyrrole nitrogens is 1. The highest BCUT2D eigenvalue weighted by molar-refractivity contribution is 6.34. The largest absolute Gasteiger partial charge is 0.492 e. The number of aromatic nitrogens is 3. The average Bonchev–Trinajstić information content (AvgIpc) is 3.19. The van der Waals surface area contributed by atoms with E-state index in [9.17, 15) is 0 Å². The van der Waals surface area contributed by atoms with E-state index in [1.165, 1.54) is 0 Å². The van der Waals surface area contributed by atoms with E-state index in [2.05, 4.69) is 25.2 Å². The van der Waals surface area contributed by atoms with Gasteiger partial charge >= 0.3 is 0 Å². The van der Waals surface area contributed by atoms with Crippen molar-refractivity contribution in [1.29, 1.82) is 0 Å². The number of pyridine rings is 1. The minimum Gasteiger partial charge on any atom is -0.492 e. The van der Waals surface area contributed by atoms with Gasteiger partial charge in [0, 0.05) is 31.7 Å². The summed E-state index contributed by atoms with van der Waals surface area (Å²) in [6, 6.07) is 7.80. The number of aliphatic hydroxyl groups excluding tert-OH is 1. The molecule has 3 N–H and O–H groups in total. The number of imidazole rings is 1. The highest BCUT2D eigenvalue weighted by atomic mass is 35.5. The molecule has 9 heteroatoms. The Morgan fingerprint density at radius 1 is 1.24 bits per heavy atom. The zero-order chi connectivity index (χ0) is 20.1. The number of nitrogens with zero attached hydrogens (tertiary/aromatic N) is 3. The van der Waals surface area contributed by atoms with E-state index in [0.717, 1.165) is 44.2 Å². The molecule has 2 aromatic heterocycles. The number of hydrogen-bond donors (Lipinski definition) is 3. The number of nitrogens with one attached hydrogen (secondary N) is 2. The van der Waals surface area contributed by atoms with E-state index < -0.39 is 0 Å². The number of benzene rings is 1. The number of morpholine rings is 1. The molecule has 1 saturated heterocycles. The molecule has 4 rings (SSSR count). The molecular weight excluding hydrogens is 394 g/mol. The second-order valence-electron chi connectivity index (χ2n) is 6.74. The van der Waals surface area contributed by atoms with Crippen molar-refractivity contribution in [3.63, 3.8) is 0 Å². The van der Waals surface area contributed by atoms with Crippen molar-refractivity contribution >= 4 is 28.5 Å². The van der Waals surface area contributed by atoms with Crippen LogP contribution in [0.2, 0.25) is 5.02 Å². The first-order valence-electron chi connectivity index (χ1n) is 9.67. The molecule has 0 aliphatic carbocycles. The maximum absolute atomic E-state index is 9.07. The van der Waals surface area contributed by atoms with Crippen molar-refractivity contribution in [1.82, 2.24) is 19.9 Å². The van der Waals surface area contributed by atoms with Crippen LogP contribution < -0.4 is 10.1 Å². The van der Waals surface area contributed by atoms with Gasteiger partial charge in [-0.05, 0) is 24.3 Å². The van der Waals surface area contributed by atoms with Crippen molar-refractivity contribution in [2.75, 3.05) is 57.9 Å². The highest BCUT2D eigenvalue weighted by Gasteiger charge is 2.13. The number of aromatic amines is 1. The maximum atomic E-state index is 9.07. The summed E-state index contributed by atoms with van der Waals surface area (Å²) in [5.74, 6) is 1.52. The molecule has 0 radical (unpaired) electrons. The van der Waals surface area contributed by atoms with Gasteiger partial charge in [-0.3, -0.25) is 4.90 Å². The molecule has 0 bridgehead atoms. The number of aliphatic hydroxyl groups is 1. The first-order chi connectivity index (χ1) is 14.2. The van der Waals surface area contributed by atoms with Crippen molar-refractivity contribution in [3.05, 3.63) is 35.5 Å². The van der Waals surface area contributed by atoms with Gasteiger partial charge in [-0.25, -0.2) is 9.97 Å². The summed E-state index contributed by atoms with van der Waals surface area (Å²) in [7, 11) is 0. The molecule has 1 fully saturated rings. The van der Waals surface area contributed by atoms with Crippen LogP contribution in [0.1, 0.15) is 0 Å². The van der Waals surface area contributed by atoms with E-state index >= 15 is 0 Å². The Bertz CT molecular complexity index is 941. The number of hydrogen-bond acceptors (Lipinski definition) is 7. The molecule has 3 aromatic rings. The monoisotopic (exact) mass is 417 g/mol. The molecular formula is C20H24ClN5O3. The summed E-state index contributed by atoms with van der Waals surface area (Å²) in [6.07, 6.45) is 1.56. The molecule has 1 aromatic carbocycles. The quantitative estimate of drug-likeness (QED) is 0.518. The van der Waals surface area contributed by atoms with Gasteiger partial charge in [-0.1, -0.05) is 11.6 Å². The highest BCUT2D eigenvalue weighted by Crippen LogP contribution is 2.30.